The lowest BCUT2D eigenvalue weighted by atomic mass is 10.1. The highest BCUT2D eigenvalue weighted by atomic mass is 16.5. The average Bonchev–Trinajstić information content (AvgIpc) is 2.51. The number of nitrogens with two attached hydrogens (primary N) is 1. The van der Waals surface area contributed by atoms with Crippen molar-refractivity contribution < 1.29 is 14.3 Å². The number of piperidine rings is 1. The van der Waals surface area contributed by atoms with Gasteiger partial charge in [0.1, 0.15) is 12.4 Å². The fraction of sp³-hybridized carbons (Fsp3) is 0.562. The molecular weight excluding hydrogens is 268 g/mol. The van der Waals surface area contributed by atoms with Gasteiger partial charge in [0, 0.05) is 18.2 Å². The van der Waals surface area contributed by atoms with Crippen molar-refractivity contribution >= 4 is 5.97 Å². The maximum Gasteiger partial charge on any atom is 0.310 e. The van der Waals surface area contributed by atoms with E-state index in [9.17, 15) is 4.79 Å². The molecule has 116 valence electrons. The molecule has 0 saturated carbocycles. The van der Waals surface area contributed by atoms with Gasteiger partial charge in [-0.1, -0.05) is 18.2 Å². The lowest BCUT2D eigenvalue weighted by Gasteiger charge is -2.29. The maximum atomic E-state index is 11.4. The van der Waals surface area contributed by atoms with Gasteiger partial charge in [0.25, 0.3) is 0 Å². The molecule has 1 aliphatic heterocycles. The second-order valence-electron chi connectivity index (χ2n) is 5.39. The van der Waals surface area contributed by atoms with Crippen molar-refractivity contribution in [2.75, 3.05) is 33.4 Å². The van der Waals surface area contributed by atoms with Crippen molar-refractivity contribution in [2.24, 2.45) is 5.73 Å². The fourth-order valence-corrected chi connectivity index (χ4v) is 2.48. The van der Waals surface area contributed by atoms with Crippen LogP contribution >= 0.6 is 0 Å². The van der Waals surface area contributed by atoms with Gasteiger partial charge in [-0.2, -0.15) is 0 Å². The number of hydrogen-bond acceptors (Lipinski definition) is 5. The number of hydrogen-bond donors (Lipinski definition) is 1. The average molecular weight is 292 g/mol. The Bertz CT molecular complexity index is 457. The van der Waals surface area contributed by atoms with Gasteiger partial charge in [-0.3, -0.25) is 9.69 Å². The summed E-state index contributed by atoms with van der Waals surface area (Å²) in [6.45, 7) is 3.58. The minimum Gasteiger partial charge on any atom is -0.492 e. The summed E-state index contributed by atoms with van der Waals surface area (Å²) in [5, 5.41) is 0. The van der Waals surface area contributed by atoms with Gasteiger partial charge in [-0.25, -0.2) is 0 Å². The van der Waals surface area contributed by atoms with E-state index in [1.165, 1.54) is 7.11 Å². The fourth-order valence-electron chi connectivity index (χ4n) is 2.48. The number of para-hydroxylation sites is 1. The van der Waals surface area contributed by atoms with Crippen molar-refractivity contribution in [1.82, 2.24) is 4.90 Å². The van der Waals surface area contributed by atoms with Gasteiger partial charge in [-0.05, 0) is 32.0 Å². The predicted octanol–water partition coefficient (Wildman–Crippen LogP) is 1.20. The quantitative estimate of drug-likeness (QED) is 0.798. The molecule has 2 N–H and O–H groups in total. The molecule has 1 aliphatic rings. The van der Waals surface area contributed by atoms with Gasteiger partial charge < -0.3 is 15.2 Å². The molecule has 0 aliphatic carbocycles. The maximum absolute atomic E-state index is 11.4. The lowest BCUT2D eigenvalue weighted by Crippen LogP contribution is -2.41. The highest BCUT2D eigenvalue weighted by Gasteiger charge is 2.16. The largest absolute Gasteiger partial charge is 0.492 e. The zero-order valence-electron chi connectivity index (χ0n) is 12.6. The minimum absolute atomic E-state index is 0.241. The number of ether oxygens (including phenoxy) is 2. The zero-order chi connectivity index (χ0) is 15.1. The molecule has 0 aromatic heterocycles. The number of esters is 1. The van der Waals surface area contributed by atoms with Crippen LogP contribution in [0.4, 0.5) is 0 Å². The van der Waals surface area contributed by atoms with Crippen LogP contribution < -0.4 is 10.5 Å². The van der Waals surface area contributed by atoms with E-state index in [2.05, 4.69) is 4.90 Å². The molecule has 2 rings (SSSR count). The SMILES string of the molecule is COC(=O)Cc1ccccc1OCCN1CCC(N)CC1. The summed E-state index contributed by atoms with van der Waals surface area (Å²) in [7, 11) is 1.40. The number of carbonyl (C=O) groups is 1. The molecule has 0 amide bonds. The van der Waals surface area contributed by atoms with E-state index >= 15 is 0 Å². The highest BCUT2D eigenvalue weighted by molar-refractivity contribution is 5.73. The third-order valence-corrected chi connectivity index (χ3v) is 3.83. The molecule has 0 bridgehead atoms. The van der Waals surface area contributed by atoms with Crippen molar-refractivity contribution in [2.45, 2.75) is 25.3 Å². The molecular formula is C16H24N2O3. The summed E-state index contributed by atoms with van der Waals surface area (Å²) < 4.78 is 10.5. The first kappa shape index (κ1) is 15.8. The van der Waals surface area contributed by atoms with E-state index in [1.807, 2.05) is 24.3 Å². The molecule has 1 aromatic rings. The number of rotatable bonds is 6. The van der Waals surface area contributed by atoms with Crippen molar-refractivity contribution in [1.29, 1.82) is 0 Å². The van der Waals surface area contributed by atoms with Gasteiger partial charge in [0.05, 0.1) is 13.5 Å². The van der Waals surface area contributed by atoms with Crippen molar-refractivity contribution in [3.63, 3.8) is 0 Å². The Morgan fingerprint density at radius 2 is 2.05 bits per heavy atom. The predicted molar refractivity (Wildman–Crippen MR) is 81.3 cm³/mol. The Morgan fingerprint density at radius 3 is 2.76 bits per heavy atom. The Morgan fingerprint density at radius 1 is 1.33 bits per heavy atom. The van der Waals surface area contributed by atoms with E-state index in [0.29, 0.717) is 12.6 Å². The Hall–Kier alpha value is -1.59. The summed E-state index contributed by atoms with van der Waals surface area (Å²) in [5.41, 5.74) is 6.76. The topological polar surface area (TPSA) is 64.8 Å². The number of likely N-dealkylation sites (tertiary alicyclic amines) is 1. The Labute approximate surface area is 126 Å². The smallest absolute Gasteiger partial charge is 0.310 e. The standard InChI is InChI=1S/C16H24N2O3/c1-20-16(19)12-13-4-2-3-5-15(13)21-11-10-18-8-6-14(17)7-9-18/h2-5,14H,6-12,17H2,1H3. The second-order valence-corrected chi connectivity index (χ2v) is 5.39. The molecule has 5 nitrogen and oxygen atoms in total. The minimum atomic E-state index is -0.254. The Kier molecular flexibility index (Phi) is 6.02. The second kappa shape index (κ2) is 8.00. The van der Waals surface area contributed by atoms with E-state index in [-0.39, 0.29) is 12.4 Å². The van der Waals surface area contributed by atoms with Crippen LogP contribution in [0, 0.1) is 0 Å². The summed E-state index contributed by atoms with van der Waals surface area (Å²) >= 11 is 0. The number of benzene rings is 1. The van der Waals surface area contributed by atoms with E-state index in [1.54, 1.807) is 0 Å². The van der Waals surface area contributed by atoms with E-state index in [4.69, 9.17) is 15.2 Å². The molecule has 0 radical (unpaired) electrons. The molecule has 0 spiro atoms. The first-order valence-corrected chi connectivity index (χ1v) is 7.44. The molecule has 1 fully saturated rings. The van der Waals surface area contributed by atoms with Crippen LogP contribution in [0.2, 0.25) is 0 Å². The summed E-state index contributed by atoms with van der Waals surface area (Å²) in [5.74, 6) is 0.507. The monoisotopic (exact) mass is 292 g/mol. The molecule has 1 saturated heterocycles. The van der Waals surface area contributed by atoms with Crippen LogP contribution in [0.1, 0.15) is 18.4 Å². The Balaban J connectivity index is 1.81. The first-order chi connectivity index (χ1) is 10.2. The number of carbonyl (C=O) groups excluding carboxylic acids is 1. The van der Waals surface area contributed by atoms with Crippen LogP contribution in [0.15, 0.2) is 24.3 Å². The van der Waals surface area contributed by atoms with Crippen LogP contribution in [-0.2, 0) is 16.0 Å². The van der Waals surface area contributed by atoms with Crippen molar-refractivity contribution in [3.05, 3.63) is 29.8 Å². The normalized spacial score (nSPS) is 16.7. The van der Waals surface area contributed by atoms with Gasteiger partial charge >= 0.3 is 5.97 Å². The van der Waals surface area contributed by atoms with E-state index in [0.717, 1.165) is 43.8 Å². The molecule has 5 heteroatoms. The number of nitrogens with zero attached hydrogens (tertiary/aromatic N) is 1. The lowest BCUT2D eigenvalue weighted by molar-refractivity contribution is -0.139. The van der Waals surface area contributed by atoms with Crippen LogP contribution in [0.3, 0.4) is 0 Å². The molecule has 1 aromatic carbocycles. The summed E-state index contributed by atoms with van der Waals surface area (Å²) in [6.07, 6.45) is 2.35. The summed E-state index contributed by atoms with van der Waals surface area (Å²) in [6, 6.07) is 7.95. The summed E-state index contributed by atoms with van der Waals surface area (Å²) in [4.78, 5) is 13.8. The van der Waals surface area contributed by atoms with Crippen LogP contribution in [-0.4, -0.2) is 50.3 Å². The molecule has 0 atom stereocenters. The first-order valence-electron chi connectivity index (χ1n) is 7.44. The van der Waals surface area contributed by atoms with Crippen LogP contribution in [0.5, 0.6) is 5.75 Å². The molecule has 21 heavy (non-hydrogen) atoms. The van der Waals surface area contributed by atoms with Gasteiger partial charge in [-0.15, -0.1) is 0 Å². The third kappa shape index (κ3) is 5.02. The van der Waals surface area contributed by atoms with Gasteiger partial charge in [0.15, 0.2) is 0 Å². The molecule has 1 heterocycles. The highest BCUT2D eigenvalue weighted by Crippen LogP contribution is 2.19. The van der Waals surface area contributed by atoms with Crippen molar-refractivity contribution in [3.8, 4) is 5.75 Å². The number of methoxy groups -OCH3 is 1. The third-order valence-electron chi connectivity index (χ3n) is 3.83. The molecule has 0 unspecified atom stereocenters. The van der Waals surface area contributed by atoms with Crippen LogP contribution in [0.25, 0.3) is 0 Å². The van der Waals surface area contributed by atoms with E-state index < -0.39 is 0 Å². The zero-order valence-corrected chi connectivity index (χ0v) is 12.6. The van der Waals surface area contributed by atoms with Gasteiger partial charge in [0.2, 0.25) is 0 Å².